The number of nitrogens with one attached hydrogen (secondary N) is 2. The molecule has 3 atom stereocenters. The third kappa shape index (κ3) is 12.1. The number of carbonyl (C=O) groups is 4. The molecule has 0 bridgehead atoms. The third-order valence-corrected chi connectivity index (χ3v) is 8.76. The minimum absolute atomic E-state index is 0.0461. The number of ether oxygens (including phenoxy) is 2. The first-order valence-electron chi connectivity index (χ1n) is 17.8. The number of rotatable bonds is 13. The van der Waals surface area contributed by atoms with Gasteiger partial charge in [0.25, 0.3) is 0 Å². The molecule has 282 valence electrons. The van der Waals surface area contributed by atoms with Crippen LogP contribution in [0.15, 0.2) is 72.8 Å². The molecule has 3 rings (SSSR count). The molecule has 3 unspecified atom stereocenters. The van der Waals surface area contributed by atoms with Crippen LogP contribution < -0.4 is 10.6 Å². The average molecular weight is 716 g/mol. The number of phenolic OH excluding ortho intramolecular Hbond substituents is 1. The summed E-state index contributed by atoms with van der Waals surface area (Å²) in [6.07, 6.45) is -0.134. The Morgan fingerprint density at radius 2 is 1.27 bits per heavy atom. The number of nitrogens with zero attached hydrogens (tertiary/aromatic N) is 1. The highest BCUT2D eigenvalue weighted by Gasteiger charge is 2.44. The van der Waals surface area contributed by atoms with E-state index in [4.69, 9.17) is 9.47 Å². The second-order valence-electron chi connectivity index (χ2n) is 16.0. The van der Waals surface area contributed by atoms with Crippen molar-refractivity contribution in [1.29, 1.82) is 0 Å². The highest BCUT2D eigenvalue weighted by molar-refractivity contribution is 5.94. The highest BCUT2D eigenvalue weighted by atomic mass is 16.6. The summed E-state index contributed by atoms with van der Waals surface area (Å²) in [6.45, 7) is 20.0. The van der Waals surface area contributed by atoms with Crippen LogP contribution in [0.4, 0.5) is 4.79 Å². The number of esters is 1. The van der Waals surface area contributed by atoms with Gasteiger partial charge >= 0.3 is 12.1 Å². The summed E-state index contributed by atoms with van der Waals surface area (Å²) in [6, 6.07) is 17.8. The molecule has 0 fully saturated rings. The first-order valence-corrected chi connectivity index (χ1v) is 17.8. The summed E-state index contributed by atoms with van der Waals surface area (Å²) >= 11 is 0. The van der Waals surface area contributed by atoms with Crippen LogP contribution in [0.2, 0.25) is 0 Å². The first-order chi connectivity index (χ1) is 24.1. The molecule has 3 aromatic rings. The molecule has 3 N–H and O–H groups in total. The average Bonchev–Trinajstić information content (AvgIpc) is 3.03. The predicted octanol–water partition coefficient (Wildman–Crippen LogP) is 7.27. The summed E-state index contributed by atoms with van der Waals surface area (Å²) in [7, 11) is 0. The SMILES string of the molecule is CCC(C)(C)N(C(=O)C(Cc1ccc(O)cc1)NC(=O)OC(C)(C)C)C(C(=O)NC(Cc1ccccc1)C(=O)OC(C)(C)C)c1ccc(C)c(C)c1. The van der Waals surface area contributed by atoms with Crippen LogP contribution >= 0.6 is 0 Å². The van der Waals surface area contributed by atoms with Gasteiger partial charge in [-0.05, 0) is 116 Å². The van der Waals surface area contributed by atoms with Gasteiger partial charge in [0.15, 0.2) is 0 Å². The largest absolute Gasteiger partial charge is 0.508 e. The third-order valence-electron chi connectivity index (χ3n) is 8.76. The van der Waals surface area contributed by atoms with E-state index in [1.54, 1.807) is 53.7 Å². The molecule has 0 aliphatic rings. The standard InChI is InChI=1S/C42H57N3O7/c1-12-42(10,11)45(37(48)33(44-39(50)52-41(7,8)9)25-30-19-22-32(46)23-20-30)35(31-21-18-27(2)28(3)24-31)36(47)43-34(38(49)51-40(4,5)6)26-29-16-14-13-15-17-29/h13-24,33-35,46H,12,25-26H2,1-11H3,(H,43,47)(H,44,50). The lowest BCUT2D eigenvalue weighted by Crippen LogP contribution is -2.60. The molecule has 0 aliphatic carbocycles. The van der Waals surface area contributed by atoms with Crippen molar-refractivity contribution in [1.82, 2.24) is 15.5 Å². The van der Waals surface area contributed by atoms with Crippen molar-refractivity contribution in [2.45, 2.75) is 130 Å². The zero-order chi connectivity index (χ0) is 39.0. The fourth-order valence-electron chi connectivity index (χ4n) is 5.65. The second kappa shape index (κ2) is 17.1. The van der Waals surface area contributed by atoms with Crippen molar-refractivity contribution in [3.63, 3.8) is 0 Å². The molecule has 0 radical (unpaired) electrons. The summed E-state index contributed by atoms with van der Waals surface area (Å²) in [4.78, 5) is 58.5. The number of phenols is 1. The number of hydrogen-bond donors (Lipinski definition) is 3. The van der Waals surface area contributed by atoms with Crippen LogP contribution in [0.25, 0.3) is 0 Å². The smallest absolute Gasteiger partial charge is 0.408 e. The van der Waals surface area contributed by atoms with Crippen LogP contribution in [-0.2, 0) is 36.7 Å². The van der Waals surface area contributed by atoms with E-state index in [1.807, 2.05) is 83.1 Å². The quantitative estimate of drug-likeness (QED) is 0.159. The van der Waals surface area contributed by atoms with Crippen molar-refractivity contribution in [2.75, 3.05) is 0 Å². The topological polar surface area (TPSA) is 134 Å². The van der Waals surface area contributed by atoms with Gasteiger partial charge in [-0.2, -0.15) is 0 Å². The number of amides is 3. The fraction of sp³-hybridized carbons (Fsp3) is 0.476. The minimum atomic E-state index is -1.22. The predicted molar refractivity (Wildman–Crippen MR) is 203 cm³/mol. The molecule has 0 aromatic heterocycles. The van der Waals surface area contributed by atoms with E-state index in [0.29, 0.717) is 17.5 Å². The van der Waals surface area contributed by atoms with Gasteiger partial charge in [-0.15, -0.1) is 0 Å². The molecule has 0 heterocycles. The molecule has 10 heteroatoms. The maximum absolute atomic E-state index is 15.1. The number of aryl methyl sites for hydroxylation is 2. The lowest BCUT2D eigenvalue weighted by molar-refractivity contribution is -0.159. The van der Waals surface area contributed by atoms with Gasteiger partial charge in [-0.1, -0.05) is 67.6 Å². The van der Waals surface area contributed by atoms with Crippen molar-refractivity contribution in [2.24, 2.45) is 0 Å². The molecule has 0 saturated heterocycles. The zero-order valence-corrected chi connectivity index (χ0v) is 32.6. The monoisotopic (exact) mass is 715 g/mol. The summed E-state index contributed by atoms with van der Waals surface area (Å²) in [5.41, 5.74) is 1.36. The molecule has 10 nitrogen and oxygen atoms in total. The maximum atomic E-state index is 15.1. The minimum Gasteiger partial charge on any atom is -0.508 e. The number of alkyl carbamates (subject to hydrolysis) is 1. The Hall–Kier alpha value is -4.86. The molecule has 0 saturated carbocycles. The van der Waals surface area contributed by atoms with Crippen LogP contribution in [0.1, 0.15) is 103 Å². The number of aromatic hydroxyl groups is 1. The van der Waals surface area contributed by atoms with Gasteiger partial charge < -0.3 is 30.1 Å². The zero-order valence-electron chi connectivity index (χ0n) is 32.6. The molecular weight excluding hydrogens is 658 g/mol. The second-order valence-corrected chi connectivity index (χ2v) is 16.0. The van der Waals surface area contributed by atoms with Crippen LogP contribution in [-0.4, -0.2) is 62.7 Å². The van der Waals surface area contributed by atoms with Gasteiger partial charge in [0.05, 0.1) is 0 Å². The van der Waals surface area contributed by atoms with E-state index in [9.17, 15) is 19.5 Å². The van der Waals surface area contributed by atoms with Gasteiger partial charge in [0.2, 0.25) is 11.8 Å². The number of benzene rings is 3. The Kier molecular flexibility index (Phi) is 13.7. The number of hydrogen-bond acceptors (Lipinski definition) is 7. The Labute approximate surface area is 309 Å². The van der Waals surface area contributed by atoms with E-state index in [2.05, 4.69) is 10.6 Å². The van der Waals surface area contributed by atoms with Crippen LogP contribution in [0.5, 0.6) is 5.75 Å². The Bertz CT molecular complexity index is 1690. The van der Waals surface area contributed by atoms with E-state index < -0.39 is 58.7 Å². The van der Waals surface area contributed by atoms with Gasteiger partial charge in [-0.3, -0.25) is 9.59 Å². The molecule has 3 aromatic carbocycles. The van der Waals surface area contributed by atoms with Gasteiger partial charge in [0.1, 0.15) is 35.1 Å². The van der Waals surface area contributed by atoms with E-state index in [-0.39, 0.29) is 18.6 Å². The summed E-state index contributed by atoms with van der Waals surface area (Å²) < 4.78 is 11.3. The van der Waals surface area contributed by atoms with Crippen molar-refractivity contribution >= 4 is 23.9 Å². The van der Waals surface area contributed by atoms with Crippen molar-refractivity contribution in [3.05, 3.63) is 101 Å². The van der Waals surface area contributed by atoms with Crippen molar-refractivity contribution < 1.29 is 33.8 Å². The molecule has 3 amide bonds. The highest BCUT2D eigenvalue weighted by Crippen LogP contribution is 2.34. The molecule has 52 heavy (non-hydrogen) atoms. The summed E-state index contributed by atoms with van der Waals surface area (Å²) in [5, 5.41) is 15.7. The Morgan fingerprint density at radius 1 is 0.712 bits per heavy atom. The van der Waals surface area contributed by atoms with Crippen LogP contribution in [0.3, 0.4) is 0 Å². The summed E-state index contributed by atoms with van der Waals surface area (Å²) in [5.74, 6) is -1.65. The Morgan fingerprint density at radius 3 is 1.81 bits per heavy atom. The van der Waals surface area contributed by atoms with Crippen molar-refractivity contribution in [3.8, 4) is 5.75 Å². The lowest BCUT2D eigenvalue weighted by Gasteiger charge is -2.45. The van der Waals surface area contributed by atoms with E-state index in [1.165, 1.54) is 17.0 Å². The lowest BCUT2D eigenvalue weighted by atomic mass is 9.90. The molecular formula is C42H57N3O7. The molecule has 0 aliphatic heterocycles. The maximum Gasteiger partial charge on any atom is 0.408 e. The fourth-order valence-corrected chi connectivity index (χ4v) is 5.65. The van der Waals surface area contributed by atoms with Gasteiger partial charge in [0, 0.05) is 18.4 Å². The number of carbonyl (C=O) groups excluding carboxylic acids is 4. The first kappa shape index (κ1) is 41.6. The van der Waals surface area contributed by atoms with E-state index >= 15 is 4.79 Å². The van der Waals surface area contributed by atoms with Crippen LogP contribution in [0, 0.1) is 13.8 Å². The Balaban J connectivity index is 2.21. The molecule has 0 spiro atoms. The normalized spacial score (nSPS) is 13.7. The van der Waals surface area contributed by atoms with E-state index in [0.717, 1.165) is 16.7 Å². The van der Waals surface area contributed by atoms with Gasteiger partial charge in [-0.25, -0.2) is 9.59 Å².